The molecule has 0 saturated carbocycles. The fourth-order valence-corrected chi connectivity index (χ4v) is 4.46. The lowest BCUT2D eigenvalue weighted by molar-refractivity contribution is 0.0949. The number of methoxy groups -OCH3 is 2. The lowest BCUT2D eigenvalue weighted by atomic mass is 9.93. The summed E-state index contributed by atoms with van der Waals surface area (Å²) in [5.41, 5.74) is 6.16. The summed E-state index contributed by atoms with van der Waals surface area (Å²) in [6, 6.07) is 16.3. The van der Waals surface area contributed by atoms with Gasteiger partial charge in [0.05, 0.1) is 31.1 Å². The molecule has 2 N–H and O–H groups in total. The van der Waals surface area contributed by atoms with Crippen LogP contribution in [0.3, 0.4) is 0 Å². The number of benzene rings is 2. The van der Waals surface area contributed by atoms with E-state index in [1.54, 1.807) is 31.4 Å². The highest BCUT2D eigenvalue weighted by atomic mass is 16.5. The Kier molecular flexibility index (Phi) is 6.59. The molecule has 1 aliphatic rings. The highest BCUT2D eigenvalue weighted by Gasteiger charge is 2.28. The van der Waals surface area contributed by atoms with Gasteiger partial charge in [0.2, 0.25) is 0 Å². The monoisotopic (exact) mass is 498 g/mol. The normalized spacial score (nSPS) is 13.8. The number of aromatic nitrogens is 1. The zero-order valence-corrected chi connectivity index (χ0v) is 20.8. The molecule has 0 spiro atoms. The summed E-state index contributed by atoms with van der Waals surface area (Å²) < 4.78 is 16.6. The molecule has 0 bridgehead atoms. The molecule has 5 rings (SSSR count). The second-order valence-electron chi connectivity index (χ2n) is 8.62. The van der Waals surface area contributed by atoms with Crippen molar-refractivity contribution in [3.05, 3.63) is 82.9 Å². The molecule has 0 aliphatic heterocycles. The van der Waals surface area contributed by atoms with E-state index in [0.29, 0.717) is 47.1 Å². The number of pyridine rings is 1. The Labute approximate surface area is 213 Å². The quantitative estimate of drug-likeness (QED) is 0.366. The summed E-state index contributed by atoms with van der Waals surface area (Å²) in [6.07, 6.45) is 2.10. The smallest absolute Gasteiger partial charge is 0.291 e. The van der Waals surface area contributed by atoms with Crippen LogP contribution >= 0.6 is 0 Å². The Morgan fingerprint density at radius 1 is 1.00 bits per heavy atom. The number of carbonyl (C=O) groups is 2. The van der Waals surface area contributed by atoms with Crippen LogP contribution in [-0.2, 0) is 6.42 Å². The van der Waals surface area contributed by atoms with Gasteiger partial charge < -0.3 is 19.2 Å². The van der Waals surface area contributed by atoms with Crippen molar-refractivity contribution in [3.8, 4) is 11.5 Å². The molecular weight excluding hydrogens is 472 g/mol. The van der Waals surface area contributed by atoms with Gasteiger partial charge in [0.15, 0.2) is 5.76 Å². The van der Waals surface area contributed by atoms with Crippen molar-refractivity contribution < 1.29 is 23.5 Å². The summed E-state index contributed by atoms with van der Waals surface area (Å²) in [5.74, 6) is 1.11. The summed E-state index contributed by atoms with van der Waals surface area (Å²) in [5, 5.41) is 8.20. The number of anilines is 1. The molecule has 2 aromatic carbocycles. The van der Waals surface area contributed by atoms with Crippen molar-refractivity contribution in [2.45, 2.75) is 26.2 Å². The lowest BCUT2D eigenvalue weighted by Crippen LogP contribution is -2.23. The number of amides is 2. The zero-order valence-electron chi connectivity index (χ0n) is 20.8. The van der Waals surface area contributed by atoms with Crippen molar-refractivity contribution in [1.82, 2.24) is 10.4 Å². The van der Waals surface area contributed by atoms with E-state index in [-0.39, 0.29) is 11.5 Å². The van der Waals surface area contributed by atoms with Gasteiger partial charge in [-0.15, -0.1) is 0 Å². The van der Waals surface area contributed by atoms with E-state index in [2.05, 4.69) is 20.8 Å². The number of nitrogens with one attached hydrogen (secondary N) is 2. The second-order valence-corrected chi connectivity index (χ2v) is 8.62. The molecule has 4 aromatic rings. The van der Waals surface area contributed by atoms with Crippen LogP contribution in [0.2, 0.25) is 0 Å². The van der Waals surface area contributed by atoms with E-state index in [1.807, 2.05) is 37.3 Å². The number of furan rings is 1. The molecule has 2 heterocycles. The summed E-state index contributed by atoms with van der Waals surface area (Å²) in [4.78, 5) is 30.4. The number of hydrogen-bond donors (Lipinski definition) is 2. The standard InChI is InChI=1S/C28H26N4O5/c1-16-25-20(31-32-27(33)21-13-11-17-7-4-5-8-19(17)29-21)9-6-10-24(25)37-26(16)28(34)30-22-15-18(35-2)12-14-23(22)36-3/h4-5,7-8,11-15H,6,9-10H2,1-3H3,(H,30,34)(H,32,33)/b31-20+. The van der Waals surface area contributed by atoms with E-state index in [1.165, 1.54) is 7.11 Å². The van der Waals surface area contributed by atoms with Crippen LogP contribution in [0.15, 0.2) is 64.1 Å². The maximum atomic E-state index is 13.2. The van der Waals surface area contributed by atoms with Crippen molar-refractivity contribution in [3.63, 3.8) is 0 Å². The SMILES string of the molecule is COc1ccc(OC)c(NC(=O)c2oc3c(c2C)/C(=N/NC(=O)c2ccc4ccccc4n2)CCC3)c1. The Hall–Kier alpha value is -4.66. The largest absolute Gasteiger partial charge is 0.497 e. The van der Waals surface area contributed by atoms with Crippen LogP contribution in [-0.4, -0.2) is 36.7 Å². The minimum Gasteiger partial charge on any atom is -0.497 e. The molecule has 9 heteroatoms. The van der Waals surface area contributed by atoms with Gasteiger partial charge in [-0.3, -0.25) is 9.59 Å². The van der Waals surface area contributed by atoms with Gasteiger partial charge in [-0.2, -0.15) is 5.10 Å². The molecule has 9 nitrogen and oxygen atoms in total. The number of hydrazone groups is 1. The van der Waals surface area contributed by atoms with Crippen LogP contribution in [0.4, 0.5) is 5.69 Å². The summed E-state index contributed by atoms with van der Waals surface area (Å²) in [6.45, 7) is 1.81. The first kappa shape index (κ1) is 24.1. The number of aryl methyl sites for hydroxylation is 1. The third kappa shape index (κ3) is 4.75. The first-order valence-electron chi connectivity index (χ1n) is 11.9. The third-order valence-electron chi connectivity index (χ3n) is 6.31. The average Bonchev–Trinajstić information content (AvgIpc) is 3.28. The number of fused-ring (bicyclic) bond motifs is 2. The molecule has 188 valence electrons. The van der Waals surface area contributed by atoms with Crippen LogP contribution < -0.4 is 20.2 Å². The molecule has 0 atom stereocenters. The van der Waals surface area contributed by atoms with Gasteiger partial charge >= 0.3 is 0 Å². The molecule has 1 aliphatic carbocycles. The molecule has 37 heavy (non-hydrogen) atoms. The van der Waals surface area contributed by atoms with E-state index in [9.17, 15) is 9.59 Å². The Balaban J connectivity index is 1.38. The lowest BCUT2D eigenvalue weighted by Gasteiger charge is -2.13. The van der Waals surface area contributed by atoms with Gasteiger partial charge in [0.25, 0.3) is 11.8 Å². The Morgan fingerprint density at radius 3 is 2.65 bits per heavy atom. The van der Waals surface area contributed by atoms with Gasteiger partial charge in [0, 0.05) is 29.0 Å². The highest BCUT2D eigenvalue weighted by molar-refractivity contribution is 6.10. The molecule has 0 unspecified atom stereocenters. The maximum Gasteiger partial charge on any atom is 0.291 e. The summed E-state index contributed by atoms with van der Waals surface area (Å²) in [7, 11) is 3.08. The van der Waals surface area contributed by atoms with Gasteiger partial charge in [-0.05, 0) is 44.0 Å². The van der Waals surface area contributed by atoms with Crippen molar-refractivity contribution in [2.24, 2.45) is 5.10 Å². The molecule has 0 saturated heterocycles. The highest BCUT2D eigenvalue weighted by Crippen LogP contribution is 2.33. The predicted octanol–water partition coefficient (Wildman–Crippen LogP) is 4.88. The average molecular weight is 499 g/mol. The first-order valence-corrected chi connectivity index (χ1v) is 11.9. The maximum absolute atomic E-state index is 13.2. The van der Waals surface area contributed by atoms with E-state index < -0.39 is 11.8 Å². The Bertz CT molecular complexity index is 1540. The first-order chi connectivity index (χ1) is 18.0. The molecule has 2 amide bonds. The number of rotatable bonds is 6. The molecule has 0 radical (unpaired) electrons. The molecule has 0 fully saturated rings. The number of carbonyl (C=O) groups excluding carboxylic acids is 2. The third-order valence-corrected chi connectivity index (χ3v) is 6.31. The van der Waals surface area contributed by atoms with Gasteiger partial charge in [-0.25, -0.2) is 10.4 Å². The van der Waals surface area contributed by atoms with E-state index >= 15 is 0 Å². The topological polar surface area (TPSA) is 115 Å². The van der Waals surface area contributed by atoms with Crippen LogP contribution in [0.25, 0.3) is 10.9 Å². The predicted molar refractivity (Wildman–Crippen MR) is 140 cm³/mol. The minimum atomic E-state index is -0.415. The van der Waals surface area contributed by atoms with Crippen molar-refractivity contribution >= 4 is 34.1 Å². The number of hydrogen-bond acceptors (Lipinski definition) is 7. The zero-order chi connectivity index (χ0) is 25.9. The summed E-state index contributed by atoms with van der Waals surface area (Å²) >= 11 is 0. The molecular formula is C28H26N4O5. The van der Waals surface area contributed by atoms with E-state index in [4.69, 9.17) is 13.9 Å². The van der Waals surface area contributed by atoms with Crippen molar-refractivity contribution in [2.75, 3.05) is 19.5 Å². The molecule has 2 aromatic heterocycles. The van der Waals surface area contributed by atoms with Crippen LogP contribution in [0.5, 0.6) is 11.5 Å². The van der Waals surface area contributed by atoms with E-state index in [0.717, 1.165) is 22.9 Å². The second kappa shape index (κ2) is 10.1. The van der Waals surface area contributed by atoms with Gasteiger partial charge in [0.1, 0.15) is 23.0 Å². The van der Waals surface area contributed by atoms with Crippen molar-refractivity contribution in [1.29, 1.82) is 0 Å². The minimum absolute atomic E-state index is 0.187. The number of nitrogens with zero attached hydrogens (tertiary/aromatic N) is 2. The number of para-hydroxylation sites is 1. The van der Waals surface area contributed by atoms with Crippen LogP contribution in [0, 0.1) is 6.92 Å². The van der Waals surface area contributed by atoms with Gasteiger partial charge in [-0.1, -0.05) is 24.3 Å². The fourth-order valence-electron chi connectivity index (χ4n) is 4.46. The fraction of sp³-hybridized carbons (Fsp3) is 0.214. The number of ether oxygens (including phenoxy) is 2. The van der Waals surface area contributed by atoms with Crippen LogP contribution in [0.1, 0.15) is 50.8 Å². The Morgan fingerprint density at radius 2 is 1.84 bits per heavy atom.